The van der Waals surface area contributed by atoms with E-state index >= 15 is 0 Å². The van der Waals surface area contributed by atoms with Crippen LogP contribution in [0.25, 0.3) is 11.1 Å². The van der Waals surface area contributed by atoms with Crippen molar-refractivity contribution < 1.29 is 19.5 Å². The molecule has 0 radical (unpaired) electrons. The molecule has 0 fully saturated rings. The molecule has 1 N–H and O–H groups in total. The van der Waals surface area contributed by atoms with Crippen molar-refractivity contribution in [3.8, 4) is 11.1 Å². The smallest absolute Gasteiger partial charge is 0.305 e. The summed E-state index contributed by atoms with van der Waals surface area (Å²) in [4.78, 5) is 43.1. The van der Waals surface area contributed by atoms with Gasteiger partial charge in [0.15, 0.2) is 0 Å². The fourth-order valence-electron chi connectivity index (χ4n) is 5.08. The van der Waals surface area contributed by atoms with Crippen LogP contribution in [-0.2, 0) is 17.8 Å². The summed E-state index contributed by atoms with van der Waals surface area (Å²) < 4.78 is 0. The molecular weight excluding hydrogens is 595 g/mol. The number of carboxylic acid groups (broad SMARTS) is 1. The lowest BCUT2D eigenvalue weighted by molar-refractivity contribution is -0.137. The number of halogens is 2. The first-order chi connectivity index (χ1) is 21.3. The Morgan fingerprint density at radius 1 is 0.705 bits per heavy atom. The van der Waals surface area contributed by atoms with Crippen LogP contribution >= 0.6 is 23.2 Å². The molecule has 0 bridgehead atoms. The molecular formula is C36H36Cl2N2O4. The zero-order valence-corrected chi connectivity index (χ0v) is 26.2. The number of aliphatic carboxylic acids is 1. The Bertz CT molecular complexity index is 1590. The lowest BCUT2D eigenvalue weighted by Crippen LogP contribution is -2.35. The van der Waals surface area contributed by atoms with Gasteiger partial charge in [-0.1, -0.05) is 109 Å². The van der Waals surface area contributed by atoms with Crippen molar-refractivity contribution in [3.63, 3.8) is 0 Å². The minimum absolute atomic E-state index is 0.0240. The first kappa shape index (κ1) is 32.8. The molecule has 0 atom stereocenters. The van der Waals surface area contributed by atoms with Gasteiger partial charge in [-0.05, 0) is 59.4 Å². The zero-order valence-electron chi connectivity index (χ0n) is 24.7. The summed E-state index contributed by atoms with van der Waals surface area (Å²) in [5.41, 5.74) is 4.00. The van der Waals surface area contributed by atoms with Gasteiger partial charge in [0.25, 0.3) is 11.8 Å². The summed E-state index contributed by atoms with van der Waals surface area (Å²) in [6, 6.07) is 29.6. The van der Waals surface area contributed by atoms with Crippen molar-refractivity contribution in [3.05, 3.63) is 129 Å². The van der Waals surface area contributed by atoms with Gasteiger partial charge in [-0.2, -0.15) is 0 Å². The van der Waals surface area contributed by atoms with Gasteiger partial charge in [0.1, 0.15) is 0 Å². The van der Waals surface area contributed by atoms with Gasteiger partial charge in [0, 0.05) is 47.4 Å². The first-order valence-electron chi connectivity index (χ1n) is 14.7. The average Bonchev–Trinajstić information content (AvgIpc) is 3.03. The van der Waals surface area contributed by atoms with E-state index in [1.54, 1.807) is 36.4 Å². The highest BCUT2D eigenvalue weighted by Gasteiger charge is 2.25. The van der Waals surface area contributed by atoms with Crippen molar-refractivity contribution in [2.45, 2.75) is 39.2 Å². The topological polar surface area (TPSA) is 77.9 Å². The van der Waals surface area contributed by atoms with Crippen LogP contribution in [-0.4, -0.2) is 52.3 Å². The molecule has 44 heavy (non-hydrogen) atoms. The van der Waals surface area contributed by atoms with Crippen LogP contribution < -0.4 is 0 Å². The second-order valence-electron chi connectivity index (χ2n) is 10.6. The highest BCUT2D eigenvalue weighted by Crippen LogP contribution is 2.30. The molecule has 0 unspecified atom stereocenters. The van der Waals surface area contributed by atoms with Gasteiger partial charge in [0.2, 0.25) is 0 Å². The van der Waals surface area contributed by atoms with Crippen molar-refractivity contribution in [1.29, 1.82) is 0 Å². The number of carbonyl (C=O) groups excluding carboxylic acids is 2. The molecule has 0 heterocycles. The quantitative estimate of drug-likeness (QED) is 0.152. The Labute approximate surface area is 268 Å². The number of hydrogen-bond donors (Lipinski definition) is 1. The summed E-state index contributed by atoms with van der Waals surface area (Å²) >= 11 is 12.4. The molecule has 6 nitrogen and oxygen atoms in total. The molecule has 0 aliphatic carbocycles. The molecule has 0 spiro atoms. The van der Waals surface area contributed by atoms with E-state index in [-0.39, 0.29) is 31.3 Å². The first-order valence-corrected chi connectivity index (χ1v) is 15.5. The summed E-state index contributed by atoms with van der Waals surface area (Å²) in [6.45, 7) is 3.46. The number of amides is 2. The normalized spacial score (nSPS) is 10.8. The summed E-state index contributed by atoms with van der Waals surface area (Å²) in [5.74, 6) is -1.43. The largest absolute Gasteiger partial charge is 0.481 e. The van der Waals surface area contributed by atoms with E-state index in [0.717, 1.165) is 24.0 Å². The average molecular weight is 632 g/mol. The van der Waals surface area contributed by atoms with Crippen LogP contribution in [0.2, 0.25) is 10.0 Å². The van der Waals surface area contributed by atoms with Crippen LogP contribution in [0.3, 0.4) is 0 Å². The summed E-state index contributed by atoms with van der Waals surface area (Å²) in [5, 5.41) is 10.4. The molecule has 0 aromatic heterocycles. The van der Waals surface area contributed by atoms with E-state index in [1.807, 2.05) is 65.6 Å². The third-order valence-corrected chi connectivity index (χ3v) is 8.03. The molecule has 8 heteroatoms. The van der Waals surface area contributed by atoms with Crippen molar-refractivity contribution in [2.24, 2.45) is 0 Å². The van der Waals surface area contributed by atoms with Gasteiger partial charge < -0.3 is 14.9 Å². The van der Waals surface area contributed by atoms with Gasteiger partial charge >= 0.3 is 5.97 Å². The van der Waals surface area contributed by atoms with Gasteiger partial charge in [0.05, 0.1) is 6.42 Å². The van der Waals surface area contributed by atoms with Crippen LogP contribution in [0.4, 0.5) is 0 Å². The molecule has 0 saturated heterocycles. The van der Waals surface area contributed by atoms with Crippen LogP contribution in [0.1, 0.15) is 58.0 Å². The molecule has 4 rings (SSSR count). The fourth-order valence-corrected chi connectivity index (χ4v) is 5.58. The Hall–Kier alpha value is -4.13. The predicted octanol–water partition coefficient (Wildman–Crippen LogP) is 8.26. The second kappa shape index (κ2) is 16.1. The zero-order chi connectivity index (χ0) is 31.5. The molecule has 0 aliphatic rings. The number of unbranched alkanes of at least 4 members (excludes halogenated alkanes) is 1. The van der Waals surface area contributed by atoms with E-state index in [2.05, 4.69) is 6.92 Å². The number of carbonyl (C=O) groups is 3. The van der Waals surface area contributed by atoms with Crippen molar-refractivity contribution in [1.82, 2.24) is 9.80 Å². The predicted molar refractivity (Wildman–Crippen MR) is 176 cm³/mol. The van der Waals surface area contributed by atoms with Gasteiger partial charge in [-0.15, -0.1) is 0 Å². The van der Waals surface area contributed by atoms with Crippen LogP contribution in [0.5, 0.6) is 0 Å². The number of hydrogen-bond acceptors (Lipinski definition) is 3. The standard InChI is InChI=1S/C36H36Cl2N2O4/c1-2-3-21-40(25-26-11-5-4-6-12-26)36(44)32-16-10-8-14-30(32)29-13-7-9-15-31(29)35(43)39(23-20-34(41)42)22-19-27-17-18-28(37)24-33(27)38/h4-18,24H,2-3,19-23,25H2,1H3,(H,41,42). The SMILES string of the molecule is CCCCN(Cc1ccccc1)C(=O)c1ccccc1-c1ccccc1C(=O)N(CCC(=O)O)CCc1ccc(Cl)cc1Cl. The van der Waals surface area contributed by atoms with Crippen molar-refractivity contribution >= 4 is 41.0 Å². The maximum atomic E-state index is 14.1. The van der Waals surface area contributed by atoms with E-state index in [9.17, 15) is 19.5 Å². The van der Waals surface area contributed by atoms with E-state index in [1.165, 1.54) is 4.90 Å². The Morgan fingerprint density at radius 3 is 1.89 bits per heavy atom. The number of carboxylic acids is 1. The second-order valence-corrected chi connectivity index (χ2v) is 11.4. The summed E-state index contributed by atoms with van der Waals surface area (Å²) in [7, 11) is 0. The molecule has 0 aliphatic heterocycles. The number of rotatable bonds is 14. The third kappa shape index (κ3) is 8.71. The molecule has 4 aromatic rings. The fraction of sp³-hybridized carbons (Fsp3) is 0.250. The number of benzene rings is 4. The van der Waals surface area contributed by atoms with E-state index in [0.29, 0.717) is 51.8 Å². The third-order valence-electron chi connectivity index (χ3n) is 7.44. The Balaban J connectivity index is 1.67. The van der Waals surface area contributed by atoms with Gasteiger partial charge in [-0.3, -0.25) is 14.4 Å². The lowest BCUT2D eigenvalue weighted by Gasteiger charge is -2.26. The minimum atomic E-state index is -0.998. The van der Waals surface area contributed by atoms with E-state index in [4.69, 9.17) is 23.2 Å². The molecule has 228 valence electrons. The molecule has 2 amide bonds. The maximum Gasteiger partial charge on any atom is 0.305 e. The summed E-state index contributed by atoms with van der Waals surface area (Å²) in [6.07, 6.45) is 2.03. The molecule has 0 saturated carbocycles. The Morgan fingerprint density at radius 2 is 1.30 bits per heavy atom. The highest BCUT2D eigenvalue weighted by atomic mass is 35.5. The van der Waals surface area contributed by atoms with E-state index < -0.39 is 5.97 Å². The number of nitrogens with zero attached hydrogens (tertiary/aromatic N) is 2. The lowest BCUT2D eigenvalue weighted by atomic mass is 9.93. The van der Waals surface area contributed by atoms with Crippen LogP contribution in [0, 0.1) is 0 Å². The molecule has 4 aromatic carbocycles. The minimum Gasteiger partial charge on any atom is -0.481 e. The van der Waals surface area contributed by atoms with Gasteiger partial charge in [-0.25, -0.2) is 0 Å². The van der Waals surface area contributed by atoms with Crippen LogP contribution in [0.15, 0.2) is 97.1 Å². The van der Waals surface area contributed by atoms with Crippen molar-refractivity contribution in [2.75, 3.05) is 19.6 Å². The maximum absolute atomic E-state index is 14.1. The highest BCUT2D eigenvalue weighted by molar-refractivity contribution is 6.35. The monoisotopic (exact) mass is 630 g/mol. The Kier molecular flexibility index (Phi) is 12.0.